The number of hydrogen-bond donors (Lipinski definition) is 1. The maximum Gasteiger partial charge on any atom is 0.308 e. The summed E-state index contributed by atoms with van der Waals surface area (Å²) in [7, 11) is 0. The molecule has 136 valence electrons. The number of benzene rings is 1. The number of ether oxygens (including phenoxy) is 1. The monoisotopic (exact) mass is 347 g/mol. The van der Waals surface area contributed by atoms with Gasteiger partial charge in [-0.3, -0.25) is 14.4 Å². The molecule has 2 unspecified atom stereocenters. The Morgan fingerprint density at radius 1 is 1.20 bits per heavy atom. The van der Waals surface area contributed by atoms with Gasteiger partial charge in [-0.25, -0.2) is 0 Å². The smallest absolute Gasteiger partial charge is 0.308 e. The van der Waals surface area contributed by atoms with Crippen LogP contribution >= 0.6 is 0 Å². The molecule has 6 nitrogen and oxygen atoms in total. The van der Waals surface area contributed by atoms with Crippen molar-refractivity contribution in [2.24, 2.45) is 11.8 Å². The van der Waals surface area contributed by atoms with Crippen molar-refractivity contribution in [3.8, 4) is 5.75 Å². The molecule has 1 heterocycles. The van der Waals surface area contributed by atoms with Crippen LogP contribution in [0.3, 0.4) is 0 Å². The number of hydrogen-bond acceptors (Lipinski definition) is 4. The van der Waals surface area contributed by atoms with Crippen LogP contribution in [-0.2, 0) is 9.59 Å². The summed E-state index contributed by atoms with van der Waals surface area (Å²) in [5, 5.41) is 9.17. The van der Waals surface area contributed by atoms with E-state index in [0.29, 0.717) is 50.3 Å². The van der Waals surface area contributed by atoms with Gasteiger partial charge in [-0.15, -0.1) is 0 Å². The van der Waals surface area contributed by atoms with Gasteiger partial charge in [-0.1, -0.05) is 6.92 Å². The van der Waals surface area contributed by atoms with E-state index in [2.05, 4.69) is 0 Å². The van der Waals surface area contributed by atoms with Gasteiger partial charge in [-0.05, 0) is 49.9 Å². The molecule has 1 amide bonds. The molecule has 1 aromatic carbocycles. The lowest BCUT2D eigenvalue weighted by Crippen LogP contribution is -2.45. The second-order valence-electron chi connectivity index (χ2n) is 6.71. The van der Waals surface area contributed by atoms with Gasteiger partial charge in [0.05, 0.1) is 12.5 Å². The van der Waals surface area contributed by atoms with Gasteiger partial charge in [0, 0.05) is 25.1 Å². The van der Waals surface area contributed by atoms with Crippen LogP contribution in [0.15, 0.2) is 24.3 Å². The molecule has 0 aliphatic carbocycles. The predicted octanol–water partition coefficient (Wildman–Crippen LogP) is 2.62. The summed E-state index contributed by atoms with van der Waals surface area (Å²) in [6.45, 7) is 4.81. The molecule has 1 aliphatic heterocycles. The third kappa shape index (κ3) is 5.59. The van der Waals surface area contributed by atoms with Crippen molar-refractivity contribution in [1.82, 2.24) is 4.90 Å². The first kappa shape index (κ1) is 19.0. The number of rotatable bonds is 7. The lowest BCUT2D eigenvalue weighted by Gasteiger charge is -2.34. The molecule has 2 rings (SSSR count). The number of likely N-dealkylation sites (tertiary alicyclic amines) is 1. The highest BCUT2D eigenvalue weighted by atomic mass is 16.5. The van der Waals surface area contributed by atoms with Crippen LogP contribution in [0.5, 0.6) is 5.75 Å². The minimum Gasteiger partial charge on any atom is -0.494 e. The van der Waals surface area contributed by atoms with Gasteiger partial charge in [0.1, 0.15) is 5.75 Å². The van der Waals surface area contributed by atoms with Gasteiger partial charge < -0.3 is 14.7 Å². The standard InChI is InChI=1S/C19H25NO5/c1-13-10-16(19(23)24)12-20(11-13)18(22)4-3-9-25-17-7-5-15(6-8-17)14(2)21/h5-8,13,16H,3-4,9-12H2,1-2H3,(H,23,24). The Labute approximate surface area is 147 Å². The van der Waals surface area contributed by atoms with Crippen molar-refractivity contribution in [2.45, 2.75) is 33.1 Å². The Morgan fingerprint density at radius 2 is 1.88 bits per heavy atom. The Kier molecular flexibility index (Phi) is 6.56. The minimum atomic E-state index is -0.832. The minimum absolute atomic E-state index is 0.00701. The van der Waals surface area contributed by atoms with Gasteiger partial charge in [0.15, 0.2) is 5.78 Å². The highest BCUT2D eigenvalue weighted by molar-refractivity contribution is 5.94. The molecule has 1 saturated heterocycles. The van der Waals surface area contributed by atoms with Crippen LogP contribution in [0.25, 0.3) is 0 Å². The van der Waals surface area contributed by atoms with E-state index in [1.165, 1.54) is 6.92 Å². The third-order valence-electron chi connectivity index (χ3n) is 4.43. The summed E-state index contributed by atoms with van der Waals surface area (Å²) >= 11 is 0. The van der Waals surface area contributed by atoms with Crippen LogP contribution in [0, 0.1) is 11.8 Å². The molecule has 0 spiro atoms. The second-order valence-corrected chi connectivity index (χ2v) is 6.71. The normalized spacial score (nSPS) is 20.2. The highest BCUT2D eigenvalue weighted by Gasteiger charge is 2.31. The summed E-state index contributed by atoms with van der Waals surface area (Å²) in [4.78, 5) is 36.3. The predicted molar refractivity (Wildman–Crippen MR) is 92.7 cm³/mol. The summed E-state index contributed by atoms with van der Waals surface area (Å²) in [6, 6.07) is 6.90. The number of carboxylic acid groups (broad SMARTS) is 1. The van der Waals surface area contributed by atoms with Gasteiger partial charge in [-0.2, -0.15) is 0 Å². The number of carbonyl (C=O) groups is 3. The number of carboxylic acids is 1. The first-order chi connectivity index (χ1) is 11.9. The van der Waals surface area contributed by atoms with Crippen LogP contribution in [0.2, 0.25) is 0 Å². The maximum absolute atomic E-state index is 12.3. The number of piperidine rings is 1. The molecule has 2 atom stereocenters. The number of aliphatic carboxylic acids is 1. The first-order valence-corrected chi connectivity index (χ1v) is 8.61. The summed E-state index contributed by atoms with van der Waals surface area (Å²) in [6.07, 6.45) is 1.53. The largest absolute Gasteiger partial charge is 0.494 e. The van der Waals surface area contributed by atoms with E-state index in [-0.39, 0.29) is 17.6 Å². The molecule has 1 aromatic rings. The van der Waals surface area contributed by atoms with E-state index < -0.39 is 11.9 Å². The maximum atomic E-state index is 12.3. The third-order valence-corrected chi connectivity index (χ3v) is 4.43. The molecular weight excluding hydrogens is 322 g/mol. The quantitative estimate of drug-likeness (QED) is 0.605. The summed E-state index contributed by atoms with van der Waals surface area (Å²) < 4.78 is 5.58. The van der Waals surface area contributed by atoms with Crippen molar-refractivity contribution >= 4 is 17.7 Å². The molecule has 0 saturated carbocycles. The van der Waals surface area contributed by atoms with Gasteiger partial charge in [0.25, 0.3) is 0 Å². The van der Waals surface area contributed by atoms with Crippen molar-refractivity contribution < 1.29 is 24.2 Å². The van der Waals surface area contributed by atoms with E-state index in [9.17, 15) is 19.5 Å². The lowest BCUT2D eigenvalue weighted by molar-refractivity contribution is -0.147. The fraction of sp³-hybridized carbons (Fsp3) is 0.526. The molecule has 1 N–H and O–H groups in total. The number of nitrogens with zero attached hydrogens (tertiary/aromatic N) is 1. The van der Waals surface area contributed by atoms with Crippen LogP contribution in [0.1, 0.15) is 43.5 Å². The fourth-order valence-electron chi connectivity index (χ4n) is 3.09. The molecule has 6 heteroatoms. The Morgan fingerprint density at radius 3 is 2.48 bits per heavy atom. The number of amides is 1. The molecular formula is C19H25NO5. The van der Waals surface area contributed by atoms with Crippen molar-refractivity contribution in [3.63, 3.8) is 0 Å². The highest BCUT2D eigenvalue weighted by Crippen LogP contribution is 2.22. The van der Waals surface area contributed by atoms with Crippen LogP contribution in [0.4, 0.5) is 0 Å². The van der Waals surface area contributed by atoms with Crippen LogP contribution in [-0.4, -0.2) is 47.4 Å². The Bertz CT molecular complexity index is 625. The van der Waals surface area contributed by atoms with Gasteiger partial charge in [0.2, 0.25) is 5.91 Å². The number of Topliss-reactive ketones (excluding diaryl/α,β-unsaturated/α-hetero) is 1. The molecule has 0 aromatic heterocycles. The molecule has 1 aliphatic rings. The summed E-state index contributed by atoms with van der Waals surface area (Å²) in [5.74, 6) is -0.448. The summed E-state index contributed by atoms with van der Waals surface area (Å²) in [5.41, 5.74) is 0.634. The van der Waals surface area contributed by atoms with E-state index in [4.69, 9.17) is 4.74 Å². The molecule has 0 radical (unpaired) electrons. The zero-order chi connectivity index (χ0) is 18.4. The second kappa shape index (κ2) is 8.65. The molecule has 0 bridgehead atoms. The number of ketones is 1. The average molecular weight is 347 g/mol. The lowest BCUT2D eigenvalue weighted by atomic mass is 9.90. The number of carbonyl (C=O) groups excluding carboxylic acids is 2. The Balaban J connectivity index is 1.74. The first-order valence-electron chi connectivity index (χ1n) is 8.61. The zero-order valence-corrected chi connectivity index (χ0v) is 14.7. The van der Waals surface area contributed by atoms with E-state index >= 15 is 0 Å². The van der Waals surface area contributed by atoms with E-state index in [0.717, 1.165) is 0 Å². The van der Waals surface area contributed by atoms with E-state index in [1.807, 2.05) is 6.92 Å². The average Bonchev–Trinajstić information content (AvgIpc) is 2.58. The zero-order valence-electron chi connectivity index (χ0n) is 14.7. The molecule has 25 heavy (non-hydrogen) atoms. The Hall–Kier alpha value is -2.37. The van der Waals surface area contributed by atoms with Crippen LogP contribution < -0.4 is 4.74 Å². The van der Waals surface area contributed by atoms with Crippen molar-refractivity contribution in [2.75, 3.05) is 19.7 Å². The molecule has 1 fully saturated rings. The van der Waals surface area contributed by atoms with Gasteiger partial charge >= 0.3 is 5.97 Å². The van der Waals surface area contributed by atoms with Crippen molar-refractivity contribution in [3.05, 3.63) is 29.8 Å². The topological polar surface area (TPSA) is 83.9 Å². The SMILES string of the molecule is CC(=O)c1ccc(OCCCC(=O)N2CC(C)CC(C(=O)O)C2)cc1. The fourth-order valence-corrected chi connectivity index (χ4v) is 3.09. The van der Waals surface area contributed by atoms with Crippen molar-refractivity contribution in [1.29, 1.82) is 0 Å². The van der Waals surface area contributed by atoms with E-state index in [1.54, 1.807) is 29.2 Å².